The Hall–Kier alpha value is -2.50. The lowest BCUT2D eigenvalue weighted by molar-refractivity contribution is 0.0522. The molecule has 0 saturated carbocycles. The second-order valence-corrected chi connectivity index (χ2v) is 6.11. The third-order valence-electron chi connectivity index (χ3n) is 2.99. The summed E-state index contributed by atoms with van der Waals surface area (Å²) in [6.45, 7) is 7.08. The van der Waals surface area contributed by atoms with Crippen LogP contribution in [0.1, 0.15) is 43.6 Å². The van der Waals surface area contributed by atoms with Gasteiger partial charge in [0.1, 0.15) is 16.9 Å². The maximum absolute atomic E-state index is 11.8. The van der Waals surface area contributed by atoms with Gasteiger partial charge < -0.3 is 14.6 Å². The van der Waals surface area contributed by atoms with Crippen LogP contribution in [0.4, 0.5) is 4.79 Å². The number of alkyl carbamates (subject to hydrolysis) is 1. The molecule has 6 heteroatoms. The molecule has 1 aliphatic heterocycles. The van der Waals surface area contributed by atoms with Crippen molar-refractivity contribution in [3.05, 3.63) is 40.8 Å². The van der Waals surface area contributed by atoms with E-state index in [4.69, 9.17) is 9.47 Å². The van der Waals surface area contributed by atoms with E-state index in [1.165, 1.54) is 6.07 Å². The highest BCUT2D eigenvalue weighted by Crippen LogP contribution is 2.32. The number of hydrogen-bond acceptors (Lipinski definition) is 4. The van der Waals surface area contributed by atoms with Crippen molar-refractivity contribution in [3.63, 3.8) is 0 Å². The Morgan fingerprint density at radius 3 is 2.59 bits per heavy atom. The van der Waals surface area contributed by atoms with Gasteiger partial charge in [-0.1, -0.05) is 12.1 Å². The summed E-state index contributed by atoms with van der Waals surface area (Å²) in [4.78, 5) is 23.1. The predicted molar refractivity (Wildman–Crippen MR) is 79.8 cm³/mol. The molecular weight excluding hydrogens is 286 g/mol. The quantitative estimate of drug-likeness (QED) is 0.877. The van der Waals surface area contributed by atoms with Gasteiger partial charge in [0.05, 0.1) is 0 Å². The van der Waals surface area contributed by atoms with Crippen molar-refractivity contribution in [2.75, 3.05) is 0 Å². The summed E-state index contributed by atoms with van der Waals surface area (Å²) in [5, 5.41) is 11.8. The lowest BCUT2D eigenvalue weighted by Crippen LogP contribution is -2.35. The largest absolute Gasteiger partial charge is 0.478 e. The topological polar surface area (TPSA) is 84.9 Å². The number of para-hydroxylation sites is 1. The highest BCUT2D eigenvalue weighted by atomic mass is 16.6. The number of amides is 1. The number of carbonyl (C=O) groups excluding carboxylic acids is 1. The first-order valence-electron chi connectivity index (χ1n) is 6.90. The SMILES string of the molecule is CC1=C(NC(=O)OC(C)(C)C)Oc2c(cccc2C(=O)O)C1. The third-order valence-corrected chi connectivity index (χ3v) is 2.99. The number of rotatable bonds is 2. The number of hydrogen-bond donors (Lipinski definition) is 2. The Bertz CT molecular complexity index is 655. The standard InChI is InChI=1S/C16H19NO5/c1-9-8-10-6-5-7-11(14(18)19)12(10)21-13(9)17-15(20)22-16(2,3)4/h5-7H,8H2,1-4H3,(H,17,20)(H,18,19). The Labute approximate surface area is 128 Å². The summed E-state index contributed by atoms with van der Waals surface area (Å²) in [6, 6.07) is 4.94. The van der Waals surface area contributed by atoms with Crippen LogP contribution in [-0.4, -0.2) is 22.8 Å². The van der Waals surface area contributed by atoms with Crippen LogP contribution in [0.25, 0.3) is 0 Å². The van der Waals surface area contributed by atoms with E-state index >= 15 is 0 Å². The summed E-state index contributed by atoms with van der Waals surface area (Å²) in [6.07, 6.45) is -0.139. The normalized spacial score (nSPS) is 14.0. The molecular formula is C16H19NO5. The van der Waals surface area contributed by atoms with Crippen LogP contribution >= 0.6 is 0 Å². The second-order valence-electron chi connectivity index (χ2n) is 6.11. The Morgan fingerprint density at radius 1 is 1.32 bits per heavy atom. The van der Waals surface area contributed by atoms with Crippen molar-refractivity contribution >= 4 is 12.1 Å². The van der Waals surface area contributed by atoms with Crippen LogP contribution in [0.5, 0.6) is 5.75 Å². The molecule has 0 aromatic heterocycles. The fraction of sp³-hybridized carbons (Fsp3) is 0.375. The summed E-state index contributed by atoms with van der Waals surface area (Å²) < 4.78 is 10.8. The lowest BCUT2D eigenvalue weighted by Gasteiger charge is -2.25. The summed E-state index contributed by atoms with van der Waals surface area (Å²) in [7, 11) is 0. The maximum atomic E-state index is 11.8. The zero-order valence-electron chi connectivity index (χ0n) is 13.0. The molecule has 22 heavy (non-hydrogen) atoms. The van der Waals surface area contributed by atoms with E-state index in [-0.39, 0.29) is 17.2 Å². The van der Waals surface area contributed by atoms with Gasteiger partial charge in [0.2, 0.25) is 5.88 Å². The zero-order chi connectivity index (χ0) is 16.5. The first-order chi connectivity index (χ1) is 10.2. The van der Waals surface area contributed by atoms with Gasteiger partial charge in [0, 0.05) is 6.42 Å². The van der Waals surface area contributed by atoms with E-state index in [1.54, 1.807) is 32.9 Å². The van der Waals surface area contributed by atoms with Crippen LogP contribution < -0.4 is 10.1 Å². The van der Waals surface area contributed by atoms with Gasteiger partial charge in [-0.15, -0.1) is 0 Å². The molecule has 1 heterocycles. The van der Waals surface area contributed by atoms with E-state index in [0.29, 0.717) is 6.42 Å². The van der Waals surface area contributed by atoms with Gasteiger partial charge in [0.25, 0.3) is 0 Å². The van der Waals surface area contributed by atoms with Crippen molar-refractivity contribution < 1.29 is 24.2 Å². The molecule has 0 spiro atoms. The summed E-state index contributed by atoms with van der Waals surface area (Å²) in [5.74, 6) is -0.602. The van der Waals surface area contributed by atoms with Crippen LogP contribution in [0.15, 0.2) is 29.7 Å². The smallest absolute Gasteiger partial charge is 0.414 e. The molecule has 1 aromatic rings. The summed E-state index contributed by atoms with van der Waals surface area (Å²) >= 11 is 0. The zero-order valence-corrected chi connectivity index (χ0v) is 13.0. The molecule has 118 valence electrons. The number of ether oxygens (including phenoxy) is 2. The predicted octanol–water partition coefficient (Wildman–Crippen LogP) is 3.08. The average Bonchev–Trinajstić information content (AvgIpc) is 2.36. The Morgan fingerprint density at radius 2 is 2.00 bits per heavy atom. The fourth-order valence-corrected chi connectivity index (χ4v) is 2.10. The highest BCUT2D eigenvalue weighted by molar-refractivity contribution is 5.91. The minimum atomic E-state index is -1.08. The number of allylic oxidation sites excluding steroid dienone is 1. The van der Waals surface area contributed by atoms with Gasteiger partial charge in [-0.2, -0.15) is 0 Å². The van der Waals surface area contributed by atoms with Crippen molar-refractivity contribution in [2.45, 2.75) is 39.7 Å². The van der Waals surface area contributed by atoms with Crippen molar-refractivity contribution in [1.82, 2.24) is 5.32 Å². The molecule has 1 aliphatic rings. The molecule has 2 N–H and O–H groups in total. The van der Waals surface area contributed by atoms with E-state index in [2.05, 4.69) is 5.32 Å². The van der Waals surface area contributed by atoms with Crippen molar-refractivity contribution in [3.8, 4) is 5.75 Å². The fourth-order valence-electron chi connectivity index (χ4n) is 2.10. The maximum Gasteiger partial charge on any atom is 0.414 e. The number of fused-ring (bicyclic) bond motifs is 1. The molecule has 1 amide bonds. The minimum Gasteiger partial charge on any atom is -0.478 e. The molecule has 6 nitrogen and oxygen atoms in total. The number of nitrogens with one attached hydrogen (secondary N) is 1. The van der Waals surface area contributed by atoms with E-state index in [1.807, 2.05) is 6.92 Å². The molecule has 0 fully saturated rings. The van der Waals surface area contributed by atoms with Crippen LogP contribution in [0.3, 0.4) is 0 Å². The minimum absolute atomic E-state index is 0.0634. The van der Waals surface area contributed by atoms with Gasteiger partial charge in [-0.05, 0) is 44.9 Å². The molecule has 0 aliphatic carbocycles. The molecule has 1 aromatic carbocycles. The van der Waals surface area contributed by atoms with Crippen molar-refractivity contribution in [1.29, 1.82) is 0 Å². The molecule has 2 rings (SSSR count). The third kappa shape index (κ3) is 3.58. The Kier molecular flexibility index (Phi) is 4.12. The first-order valence-corrected chi connectivity index (χ1v) is 6.90. The van der Waals surface area contributed by atoms with Gasteiger partial charge >= 0.3 is 12.1 Å². The van der Waals surface area contributed by atoms with Crippen LogP contribution in [0.2, 0.25) is 0 Å². The lowest BCUT2D eigenvalue weighted by atomic mass is 10.00. The molecule has 0 unspecified atom stereocenters. The molecule has 0 radical (unpaired) electrons. The highest BCUT2D eigenvalue weighted by Gasteiger charge is 2.25. The van der Waals surface area contributed by atoms with Gasteiger partial charge in [-0.3, -0.25) is 5.32 Å². The Balaban J connectivity index is 2.23. The second kappa shape index (κ2) is 5.71. The molecule has 0 bridgehead atoms. The van der Waals surface area contributed by atoms with Crippen LogP contribution in [-0.2, 0) is 11.2 Å². The monoisotopic (exact) mass is 305 g/mol. The van der Waals surface area contributed by atoms with E-state index in [0.717, 1.165) is 11.1 Å². The number of carboxylic acids is 1. The first kappa shape index (κ1) is 15.9. The average molecular weight is 305 g/mol. The number of benzene rings is 1. The van der Waals surface area contributed by atoms with Gasteiger partial charge in [0.15, 0.2) is 0 Å². The van der Waals surface area contributed by atoms with Gasteiger partial charge in [-0.25, -0.2) is 9.59 Å². The van der Waals surface area contributed by atoms with Crippen molar-refractivity contribution in [2.24, 2.45) is 0 Å². The number of carbonyl (C=O) groups is 2. The van der Waals surface area contributed by atoms with Crippen LogP contribution in [0, 0.1) is 0 Å². The van der Waals surface area contributed by atoms with E-state index < -0.39 is 17.7 Å². The molecule has 0 saturated heterocycles. The van der Waals surface area contributed by atoms with E-state index in [9.17, 15) is 14.7 Å². The number of carboxylic acid groups (broad SMARTS) is 1. The number of aromatic carboxylic acids is 1. The summed E-state index contributed by atoms with van der Waals surface area (Å²) in [5.41, 5.74) is 0.999. The molecule has 0 atom stereocenters.